The fourth-order valence-electron chi connectivity index (χ4n) is 2.31. The molecule has 0 bridgehead atoms. The van der Waals surface area contributed by atoms with Crippen LogP contribution in [0.3, 0.4) is 0 Å². The van der Waals surface area contributed by atoms with Gasteiger partial charge in [-0.2, -0.15) is 0 Å². The maximum Gasteiger partial charge on any atom is 0.317 e. The van der Waals surface area contributed by atoms with Crippen molar-refractivity contribution in [2.75, 3.05) is 26.2 Å². The summed E-state index contributed by atoms with van der Waals surface area (Å²) in [5.41, 5.74) is 0.545. The molecule has 23 heavy (non-hydrogen) atoms. The van der Waals surface area contributed by atoms with Crippen LogP contribution in [-0.4, -0.2) is 54.1 Å². The van der Waals surface area contributed by atoms with Gasteiger partial charge in [-0.1, -0.05) is 15.9 Å². The van der Waals surface area contributed by atoms with Crippen LogP contribution in [0.4, 0.5) is 4.79 Å². The Labute approximate surface area is 142 Å². The molecule has 3 amide bonds. The van der Waals surface area contributed by atoms with Crippen LogP contribution in [0.2, 0.25) is 0 Å². The molecule has 2 rings (SSSR count). The molecule has 7 nitrogen and oxygen atoms in total. The molecular formula is C15H18BrN3O4. The van der Waals surface area contributed by atoms with Crippen LogP contribution >= 0.6 is 15.9 Å². The summed E-state index contributed by atoms with van der Waals surface area (Å²) in [6.45, 7) is 1.26. The highest BCUT2D eigenvalue weighted by molar-refractivity contribution is 9.10. The maximum atomic E-state index is 11.9. The first-order valence-electron chi connectivity index (χ1n) is 7.26. The smallest absolute Gasteiger partial charge is 0.317 e. The van der Waals surface area contributed by atoms with Gasteiger partial charge in [0.25, 0.3) is 5.91 Å². The van der Waals surface area contributed by atoms with E-state index in [0.29, 0.717) is 25.1 Å². The Bertz CT molecular complexity index is 591. The van der Waals surface area contributed by atoms with Crippen LogP contribution in [0, 0.1) is 5.92 Å². The van der Waals surface area contributed by atoms with E-state index in [9.17, 15) is 14.4 Å². The molecule has 0 radical (unpaired) electrons. The van der Waals surface area contributed by atoms with E-state index in [1.165, 1.54) is 4.90 Å². The van der Waals surface area contributed by atoms with Crippen molar-refractivity contribution in [1.29, 1.82) is 0 Å². The van der Waals surface area contributed by atoms with E-state index in [-0.39, 0.29) is 25.0 Å². The predicted molar refractivity (Wildman–Crippen MR) is 87.2 cm³/mol. The van der Waals surface area contributed by atoms with Gasteiger partial charge in [0, 0.05) is 36.2 Å². The summed E-state index contributed by atoms with van der Waals surface area (Å²) in [7, 11) is 0. The van der Waals surface area contributed by atoms with Gasteiger partial charge < -0.3 is 20.6 Å². The fourth-order valence-corrected chi connectivity index (χ4v) is 2.57. The van der Waals surface area contributed by atoms with Crippen molar-refractivity contribution in [3.8, 4) is 0 Å². The molecule has 0 spiro atoms. The quantitative estimate of drug-likeness (QED) is 0.667. The average Bonchev–Trinajstić information content (AvgIpc) is 3.02. The van der Waals surface area contributed by atoms with Crippen LogP contribution < -0.4 is 10.6 Å². The van der Waals surface area contributed by atoms with E-state index in [1.807, 2.05) is 0 Å². The number of likely N-dealkylation sites (tertiary alicyclic amines) is 1. The van der Waals surface area contributed by atoms with Gasteiger partial charge in [0.05, 0.1) is 5.92 Å². The number of carboxylic acid groups (broad SMARTS) is 1. The molecule has 0 aliphatic carbocycles. The van der Waals surface area contributed by atoms with Crippen LogP contribution in [0.25, 0.3) is 0 Å². The van der Waals surface area contributed by atoms with E-state index in [2.05, 4.69) is 26.6 Å². The van der Waals surface area contributed by atoms with E-state index < -0.39 is 11.9 Å². The van der Waals surface area contributed by atoms with Gasteiger partial charge in [-0.05, 0) is 30.7 Å². The first kappa shape index (κ1) is 17.3. The van der Waals surface area contributed by atoms with Crippen molar-refractivity contribution in [1.82, 2.24) is 15.5 Å². The van der Waals surface area contributed by atoms with E-state index in [4.69, 9.17) is 5.11 Å². The molecule has 1 aromatic carbocycles. The second kappa shape index (κ2) is 7.96. The molecule has 124 valence electrons. The summed E-state index contributed by atoms with van der Waals surface area (Å²) in [4.78, 5) is 36.1. The van der Waals surface area contributed by atoms with Crippen LogP contribution in [-0.2, 0) is 4.79 Å². The van der Waals surface area contributed by atoms with Gasteiger partial charge in [-0.25, -0.2) is 4.79 Å². The number of hydrogen-bond donors (Lipinski definition) is 3. The zero-order valence-electron chi connectivity index (χ0n) is 12.4. The van der Waals surface area contributed by atoms with Crippen molar-refractivity contribution >= 4 is 33.8 Å². The number of hydrogen-bond acceptors (Lipinski definition) is 3. The van der Waals surface area contributed by atoms with Crippen LogP contribution in [0.5, 0.6) is 0 Å². The predicted octanol–water partition coefficient (Wildman–Crippen LogP) is 1.30. The number of nitrogens with zero attached hydrogens (tertiary/aromatic N) is 1. The fraction of sp³-hybridized carbons (Fsp3) is 0.400. The maximum absolute atomic E-state index is 11.9. The normalized spacial score (nSPS) is 16.9. The number of carboxylic acids is 1. The Balaban J connectivity index is 1.67. The van der Waals surface area contributed by atoms with Crippen LogP contribution in [0.1, 0.15) is 16.8 Å². The van der Waals surface area contributed by atoms with Crippen molar-refractivity contribution in [2.24, 2.45) is 5.92 Å². The summed E-state index contributed by atoms with van der Waals surface area (Å²) in [6, 6.07) is 6.67. The van der Waals surface area contributed by atoms with Crippen molar-refractivity contribution in [3.05, 3.63) is 34.3 Å². The minimum Gasteiger partial charge on any atom is -0.481 e. The molecule has 1 aliphatic heterocycles. The first-order valence-corrected chi connectivity index (χ1v) is 8.06. The third kappa shape index (κ3) is 4.95. The molecule has 0 aromatic heterocycles. The third-order valence-corrected chi connectivity index (χ3v) is 4.15. The number of rotatable bonds is 5. The summed E-state index contributed by atoms with van der Waals surface area (Å²) in [5, 5.41) is 14.3. The first-order chi connectivity index (χ1) is 11.0. The van der Waals surface area contributed by atoms with Crippen molar-refractivity contribution in [3.63, 3.8) is 0 Å². The lowest BCUT2D eigenvalue weighted by molar-refractivity contribution is -0.141. The lowest BCUT2D eigenvalue weighted by Crippen LogP contribution is -2.42. The van der Waals surface area contributed by atoms with Crippen molar-refractivity contribution < 1.29 is 19.5 Å². The Morgan fingerprint density at radius 3 is 2.43 bits per heavy atom. The number of nitrogens with one attached hydrogen (secondary N) is 2. The molecule has 1 atom stereocenters. The zero-order valence-corrected chi connectivity index (χ0v) is 14.0. The minimum absolute atomic E-state index is 0.209. The minimum atomic E-state index is -0.873. The largest absolute Gasteiger partial charge is 0.481 e. The highest BCUT2D eigenvalue weighted by atomic mass is 79.9. The lowest BCUT2D eigenvalue weighted by Gasteiger charge is -2.16. The van der Waals surface area contributed by atoms with Crippen LogP contribution in [0.15, 0.2) is 28.7 Å². The molecule has 1 fully saturated rings. The molecule has 8 heteroatoms. The number of amides is 3. The molecule has 3 N–H and O–H groups in total. The monoisotopic (exact) mass is 383 g/mol. The zero-order chi connectivity index (χ0) is 16.8. The van der Waals surface area contributed by atoms with Gasteiger partial charge in [0.1, 0.15) is 0 Å². The summed E-state index contributed by atoms with van der Waals surface area (Å²) in [5.74, 6) is -1.57. The van der Waals surface area contributed by atoms with Gasteiger partial charge >= 0.3 is 12.0 Å². The molecule has 0 saturated carbocycles. The van der Waals surface area contributed by atoms with Gasteiger partial charge in [-0.3, -0.25) is 9.59 Å². The Kier molecular flexibility index (Phi) is 5.97. The summed E-state index contributed by atoms with van der Waals surface area (Å²) >= 11 is 3.30. The topological polar surface area (TPSA) is 98.7 Å². The van der Waals surface area contributed by atoms with E-state index in [1.54, 1.807) is 24.3 Å². The van der Waals surface area contributed by atoms with Crippen molar-refractivity contribution in [2.45, 2.75) is 6.42 Å². The summed E-state index contributed by atoms with van der Waals surface area (Å²) in [6.07, 6.45) is 0.475. The van der Waals surface area contributed by atoms with E-state index in [0.717, 1.165) is 4.47 Å². The molecule has 1 unspecified atom stereocenters. The SMILES string of the molecule is O=C(NCCNC(=O)N1CCC(C(=O)O)C1)c1ccc(Br)cc1. The van der Waals surface area contributed by atoms with E-state index >= 15 is 0 Å². The molecule has 1 saturated heterocycles. The van der Waals surface area contributed by atoms with Gasteiger partial charge in [0.15, 0.2) is 0 Å². The standard InChI is InChI=1S/C15H18BrN3O4/c16-12-3-1-10(2-4-12)13(20)17-6-7-18-15(23)19-8-5-11(9-19)14(21)22/h1-4,11H,5-9H2,(H,17,20)(H,18,23)(H,21,22). The molecular weight excluding hydrogens is 366 g/mol. The summed E-state index contributed by atoms with van der Waals surface area (Å²) < 4.78 is 0.895. The third-order valence-electron chi connectivity index (χ3n) is 3.62. The van der Waals surface area contributed by atoms with Gasteiger partial charge in [0.2, 0.25) is 0 Å². The molecule has 1 heterocycles. The Hall–Kier alpha value is -2.09. The number of carbonyl (C=O) groups is 3. The Morgan fingerprint density at radius 2 is 1.83 bits per heavy atom. The number of benzene rings is 1. The Morgan fingerprint density at radius 1 is 1.17 bits per heavy atom. The second-order valence-electron chi connectivity index (χ2n) is 5.26. The number of aliphatic carboxylic acids is 1. The van der Waals surface area contributed by atoms with Gasteiger partial charge in [-0.15, -0.1) is 0 Å². The second-order valence-corrected chi connectivity index (χ2v) is 6.18. The average molecular weight is 384 g/mol. The number of carbonyl (C=O) groups excluding carboxylic acids is 2. The molecule has 1 aromatic rings. The lowest BCUT2D eigenvalue weighted by atomic mass is 10.1. The number of halogens is 1. The number of urea groups is 1. The molecule has 1 aliphatic rings. The highest BCUT2D eigenvalue weighted by Crippen LogP contribution is 2.15. The highest BCUT2D eigenvalue weighted by Gasteiger charge is 2.30.